The molecule has 0 aliphatic heterocycles. The number of nitrogens with one attached hydrogen (secondary N) is 1. The lowest BCUT2D eigenvalue weighted by atomic mass is 9.95. The van der Waals surface area contributed by atoms with E-state index in [9.17, 15) is 14.9 Å². The summed E-state index contributed by atoms with van der Waals surface area (Å²) < 4.78 is 0. The molecular weight excluding hydrogens is 437 g/mol. The number of benzene rings is 2. The maximum atomic E-state index is 13.3. The molecule has 31 heavy (non-hydrogen) atoms. The van der Waals surface area contributed by atoms with Gasteiger partial charge in [0.2, 0.25) is 5.91 Å². The van der Waals surface area contributed by atoms with Crippen LogP contribution in [0.4, 0.5) is 11.4 Å². The molecule has 1 amide bonds. The molecule has 0 radical (unpaired) electrons. The smallest absolute Gasteiger partial charge is 0.271 e. The van der Waals surface area contributed by atoms with E-state index in [1.54, 1.807) is 18.2 Å². The van der Waals surface area contributed by atoms with E-state index in [0.29, 0.717) is 23.7 Å². The number of hydrogen-bond acceptors (Lipinski definition) is 4. The van der Waals surface area contributed by atoms with Crippen molar-refractivity contribution in [2.75, 3.05) is 4.90 Å². The molecule has 1 aliphatic rings. The van der Waals surface area contributed by atoms with Crippen LogP contribution in [0.1, 0.15) is 51.0 Å². The van der Waals surface area contributed by atoms with Crippen LogP contribution in [0.25, 0.3) is 0 Å². The van der Waals surface area contributed by atoms with Crippen molar-refractivity contribution in [2.45, 2.75) is 64.1 Å². The molecule has 2 aromatic carbocycles. The summed E-state index contributed by atoms with van der Waals surface area (Å²) in [5, 5.41) is 15.2. The summed E-state index contributed by atoms with van der Waals surface area (Å²) in [6.45, 7) is 2.38. The number of halogens is 2. The molecule has 1 fully saturated rings. The Balaban J connectivity index is 1.92. The first-order valence-corrected chi connectivity index (χ1v) is 11.4. The highest BCUT2D eigenvalue weighted by Gasteiger charge is 2.29. The molecule has 166 valence electrons. The van der Waals surface area contributed by atoms with E-state index in [-0.39, 0.29) is 22.7 Å². The Kier molecular flexibility index (Phi) is 8.15. The van der Waals surface area contributed by atoms with Crippen LogP contribution in [0.3, 0.4) is 0 Å². The fourth-order valence-electron chi connectivity index (χ4n) is 4.08. The second kappa shape index (κ2) is 10.8. The van der Waals surface area contributed by atoms with Gasteiger partial charge in [-0.1, -0.05) is 61.5 Å². The lowest BCUT2D eigenvalue weighted by Crippen LogP contribution is -2.50. The molecule has 0 spiro atoms. The Bertz CT molecular complexity index is 915. The number of carbonyl (C=O) groups excluding carboxylic acids is 1. The van der Waals surface area contributed by atoms with Gasteiger partial charge in [-0.2, -0.15) is 0 Å². The third kappa shape index (κ3) is 6.11. The van der Waals surface area contributed by atoms with Crippen LogP contribution < -0.4 is 10.2 Å². The maximum Gasteiger partial charge on any atom is 0.271 e. The normalized spacial score (nSPS) is 15.3. The van der Waals surface area contributed by atoms with Crippen LogP contribution in [0, 0.1) is 10.1 Å². The molecule has 1 N–H and O–H groups in total. The summed E-state index contributed by atoms with van der Waals surface area (Å²) in [5.41, 5.74) is 1.47. The van der Waals surface area contributed by atoms with Crippen LogP contribution in [0.15, 0.2) is 42.5 Å². The summed E-state index contributed by atoms with van der Waals surface area (Å²) in [6.07, 6.45) is 6.04. The Morgan fingerprint density at radius 2 is 1.84 bits per heavy atom. The summed E-state index contributed by atoms with van der Waals surface area (Å²) in [4.78, 5) is 25.8. The number of nitro benzene ring substituents is 1. The van der Waals surface area contributed by atoms with Gasteiger partial charge in [0.1, 0.15) is 6.04 Å². The Morgan fingerprint density at radius 1 is 1.16 bits per heavy atom. The van der Waals surface area contributed by atoms with Gasteiger partial charge in [0.15, 0.2) is 0 Å². The predicted molar refractivity (Wildman–Crippen MR) is 125 cm³/mol. The second-order valence-corrected chi connectivity index (χ2v) is 8.76. The van der Waals surface area contributed by atoms with E-state index in [0.717, 1.165) is 31.2 Å². The molecule has 2 aromatic rings. The van der Waals surface area contributed by atoms with Gasteiger partial charge in [0, 0.05) is 29.7 Å². The molecule has 0 bridgehead atoms. The van der Waals surface area contributed by atoms with Crippen LogP contribution >= 0.6 is 23.2 Å². The van der Waals surface area contributed by atoms with Gasteiger partial charge in [0.25, 0.3) is 5.69 Å². The molecule has 6 nitrogen and oxygen atoms in total. The minimum Gasteiger partial charge on any atom is -0.354 e. The monoisotopic (exact) mass is 463 g/mol. The number of non-ortho nitro benzene ring substituents is 1. The zero-order valence-electron chi connectivity index (χ0n) is 17.5. The molecule has 0 heterocycles. The fraction of sp³-hybridized carbons (Fsp3) is 0.435. The van der Waals surface area contributed by atoms with E-state index >= 15 is 0 Å². The van der Waals surface area contributed by atoms with Gasteiger partial charge in [-0.15, -0.1) is 0 Å². The zero-order valence-corrected chi connectivity index (χ0v) is 19.0. The zero-order chi connectivity index (χ0) is 22.4. The summed E-state index contributed by atoms with van der Waals surface area (Å²) in [6, 6.07) is 11.5. The van der Waals surface area contributed by atoms with Gasteiger partial charge in [-0.05, 0) is 43.0 Å². The summed E-state index contributed by atoms with van der Waals surface area (Å²) in [5.74, 6) is -0.0437. The maximum absolute atomic E-state index is 13.3. The quantitative estimate of drug-likeness (QED) is 0.376. The number of carbonyl (C=O) groups is 1. The fourth-order valence-corrected chi connectivity index (χ4v) is 4.49. The SMILES string of the molecule is CCC(C(=O)NC1CCCCC1)N(Cc1ccc(Cl)cc1)c1ccc([N+](=O)[O-])cc1Cl. The Labute approximate surface area is 192 Å². The highest BCUT2D eigenvalue weighted by Crippen LogP contribution is 2.33. The minimum atomic E-state index is -0.480. The van der Waals surface area contributed by atoms with E-state index < -0.39 is 11.0 Å². The predicted octanol–water partition coefficient (Wildman–Crippen LogP) is 6.14. The largest absolute Gasteiger partial charge is 0.354 e. The van der Waals surface area contributed by atoms with Crippen LogP contribution in [0.2, 0.25) is 10.0 Å². The van der Waals surface area contributed by atoms with Gasteiger partial charge in [0.05, 0.1) is 15.6 Å². The highest BCUT2D eigenvalue weighted by atomic mass is 35.5. The average molecular weight is 464 g/mol. The van der Waals surface area contributed by atoms with Gasteiger partial charge in [-0.25, -0.2) is 0 Å². The van der Waals surface area contributed by atoms with Gasteiger partial charge >= 0.3 is 0 Å². The molecule has 1 atom stereocenters. The van der Waals surface area contributed by atoms with Crippen LogP contribution in [-0.2, 0) is 11.3 Å². The van der Waals surface area contributed by atoms with E-state index in [2.05, 4.69) is 5.32 Å². The number of nitro groups is 1. The molecule has 0 saturated heterocycles. The summed E-state index contributed by atoms with van der Waals surface area (Å²) in [7, 11) is 0. The topological polar surface area (TPSA) is 75.5 Å². The molecule has 1 unspecified atom stereocenters. The van der Waals surface area contributed by atoms with Gasteiger partial charge in [-0.3, -0.25) is 14.9 Å². The molecule has 1 aliphatic carbocycles. The van der Waals surface area contributed by atoms with Crippen LogP contribution in [0.5, 0.6) is 0 Å². The number of rotatable bonds is 8. The molecular formula is C23H27Cl2N3O3. The first-order chi connectivity index (χ1) is 14.9. The first-order valence-electron chi connectivity index (χ1n) is 10.6. The van der Waals surface area contributed by atoms with Crippen molar-refractivity contribution < 1.29 is 9.72 Å². The van der Waals surface area contributed by atoms with Crippen molar-refractivity contribution >= 4 is 40.5 Å². The molecule has 0 aromatic heterocycles. The first kappa shape index (κ1) is 23.4. The van der Waals surface area contributed by atoms with Crippen molar-refractivity contribution in [3.63, 3.8) is 0 Å². The van der Waals surface area contributed by atoms with Crippen molar-refractivity contribution in [3.05, 3.63) is 68.2 Å². The Morgan fingerprint density at radius 3 is 2.42 bits per heavy atom. The van der Waals surface area contributed by atoms with Gasteiger partial charge < -0.3 is 10.2 Å². The van der Waals surface area contributed by atoms with E-state index in [1.807, 2.05) is 24.0 Å². The highest BCUT2D eigenvalue weighted by molar-refractivity contribution is 6.33. The van der Waals surface area contributed by atoms with Crippen molar-refractivity contribution in [1.82, 2.24) is 5.32 Å². The lowest BCUT2D eigenvalue weighted by Gasteiger charge is -2.34. The number of amides is 1. The standard InChI is InChI=1S/C23H27Cl2N3O3/c1-2-21(23(29)26-18-6-4-3-5-7-18)27(15-16-8-10-17(24)11-9-16)22-13-12-19(28(30)31)14-20(22)25/h8-14,18,21H,2-7,15H2,1H3,(H,26,29). The minimum absolute atomic E-state index is 0.0437. The third-order valence-electron chi connectivity index (χ3n) is 5.73. The molecule has 3 rings (SSSR count). The third-order valence-corrected chi connectivity index (χ3v) is 6.29. The second-order valence-electron chi connectivity index (χ2n) is 7.91. The summed E-state index contributed by atoms with van der Waals surface area (Å²) >= 11 is 12.5. The number of nitrogens with zero attached hydrogens (tertiary/aromatic N) is 2. The van der Waals surface area contributed by atoms with Crippen molar-refractivity contribution in [2.24, 2.45) is 0 Å². The number of hydrogen-bond donors (Lipinski definition) is 1. The molecule has 1 saturated carbocycles. The molecule has 8 heteroatoms. The Hall–Kier alpha value is -2.31. The van der Waals surface area contributed by atoms with E-state index in [4.69, 9.17) is 23.2 Å². The van der Waals surface area contributed by atoms with Crippen LogP contribution in [-0.4, -0.2) is 22.9 Å². The van der Waals surface area contributed by atoms with Crippen molar-refractivity contribution in [1.29, 1.82) is 0 Å². The van der Waals surface area contributed by atoms with E-state index in [1.165, 1.54) is 18.6 Å². The van der Waals surface area contributed by atoms with Crippen molar-refractivity contribution in [3.8, 4) is 0 Å². The average Bonchev–Trinajstić information content (AvgIpc) is 2.75. The lowest BCUT2D eigenvalue weighted by molar-refractivity contribution is -0.384. The number of anilines is 1.